The van der Waals surface area contributed by atoms with Crippen LogP contribution in [-0.4, -0.2) is 80.4 Å². The van der Waals surface area contributed by atoms with Crippen molar-refractivity contribution in [3.63, 3.8) is 0 Å². The Bertz CT molecular complexity index is 1040. The zero-order valence-corrected chi connectivity index (χ0v) is 23.3. The number of ketones is 1. The quantitative estimate of drug-likeness (QED) is 0.332. The molecule has 0 aromatic heterocycles. The lowest BCUT2D eigenvalue weighted by atomic mass is 9.43. The van der Waals surface area contributed by atoms with Crippen molar-refractivity contribution >= 4 is 17.7 Å². The van der Waals surface area contributed by atoms with Crippen LogP contribution in [0, 0.1) is 39.9 Å². The smallest absolute Gasteiger partial charge is 0.332 e. The normalized spacial score (nSPS) is 46.3. The molecule has 6 rings (SSSR count). The van der Waals surface area contributed by atoms with E-state index in [1.807, 2.05) is 13.8 Å². The Kier molecular flexibility index (Phi) is 6.36. The van der Waals surface area contributed by atoms with Gasteiger partial charge in [0.15, 0.2) is 0 Å². The van der Waals surface area contributed by atoms with Crippen LogP contribution >= 0.6 is 0 Å². The van der Waals surface area contributed by atoms with Gasteiger partial charge in [-0.3, -0.25) is 9.69 Å². The van der Waals surface area contributed by atoms with Gasteiger partial charge in [0, 0.05) is 49.0 Å². The van der Waals surface area contributed by atoms with Crippen molar-refractivity contribution in [2.75, 3.05) is 39.5 Å². The lowest BCUT2D eigenvalue weighted by molar-refractivity contribution is -0.226. The number of hydrogen-bond donors (Lipinski definition) is 0. The summed E-state index contributed by atoms with van der Waals surface area (Å²) in [7, 11) is 0. The van der Waals surface area contributed by atoms with Crippen molar-refractivity contribution in [3.05, 3.63) is 12.2 Å². The Morgan fingerprint density at radius 2 is 1.74 bits per heavy atom. The molecule has 6 aliphatic rings. The molecule has 2 spiro atoms. The summed E-state index contributed by atoms with van der Waals surface area (Å²) in [6.45, 7) is 15.4. The average Bonchev–Trinajstić information content (AvgIpc) is 3.42. The van der Waals surface area contributed by atoms with Gasteiger partial charge in [0.05, 0.1) is 0 Å². The minimum Gasteiger partial charge on any atom is -0.460 e. The van der Waals surface area contributed by atoms with Crippen LogP contribution in [0.4, 0.5) is 0 Å². The second-order valence-corrected chi connectivity index (χ2v) is 12.9. The van der Waals surface area contributed by atoms with E-state index in [0.717, 1.165) is 37.9 Å². The molecule has 0 radical (unpaired) electrons. The van der Waals surface area contributed by atoms with Crippen molar-refractivity contribution in [1.29, 1.82) is 0 Å². The Balaban J connectivity index is 1.46. The molecule has 6 fully saturated rings. The fraction of sp³-hybridized carbons (Fsp3) is 0.833. The van der Waals surface area contributed by atoms with Crippen LogP contribution in [0.15, 0.2) is 12.2 Å². The Morgan fingerprint density at radius 3 is 2.39 bits per heavy atom. The van der Waals surface area contributed by atoms with Gasteiger partial charge in [-0.1, -0.05) is 20.4 Å². The number of piperidine rings is 1. The minimum absolute atomic E-state index is 0.0180. The van der Waals surface area contributed by atoms with Gasteiger partial charge in [0.25, 0.3) is 0 Å². The van der Waals surface area contributed by atoms with Crippen molar-refractivity contribution in [2.45, 2.75) is 78.0 Å². The molecule has 38 heavy (non-hydrogen) atoms. The first kappa shape index (κ1) is 26.5. The third-order valence-electron chi connectivity index (χ3n) is 11.7. The first-order valence-corrected chi connectivity index (χ1v) is 14.7. The number of rotatable bonds is 9. The van der Waals surface area contributed by atoms with Gasteiger partial charge >= 0.3 is 11.9 Å². The number of hydrogen-bond acceptors (Lipinski definition) is 8. The number of Topliss-reactive ketones (excluding diaryl/α,β-unsaturated/α-hetero) is 1. The predicted molar refractivity (Wildman–Crippen MR) is 138 cm³/mol. The summed E-state index contributed by atoms with van der Waals surface area (Å²) in [4.78, 5) is 42.2. The van der Waals surface area contributed by atoms with E-state index in [0.29, 0.717) is 32.0 Å². The number of likely N-dealkylation sites (tertiary alicyclic amines) is 1. The molecule has 0 aromatic rings. The molecule has 0 aromatic carbocycles. The van der Waals surface area contributed by atoms with E-state index in [1.165, 1.54) is 0 Å². The third-order valence-corrected chi connectivity index (χ3v) is 11.7. The summed E-state index contributed by atoms with van der Waals surface area (Å²) in [6, 6.07) is 0.186. The molecule has 0 amide bonds. The summed E-state index contributed by atoms with van der Waals surface area (Å²) in [5, 5.41) is 0. The highest BCUT2D eigenvalue weighted by molar-refractivity contribution is 5.87. The number of ether oxygens (including phenoxy) is 4. The average molecular weight is 530 g/mol. The molecule has 7 bridgehead atoms. The number of esters is 2. The fourth-order valence-electron chi connectivity index (χ4n) is 10.8. The van der Waals surface area contributed by atoms with E-state index in [2.05, 4.69) is 25.3 Å². The number of carbonyl (C=O) groups excluding carboxylic acids is 3. The second-order valence-electron chi connectivity index (χ2n) is 12.9. The molecule has 10 atom stereocenters. The largest absolute Gasteiger partial charge is 0.460 e. The van der Waals surface area contributed by atoms with Crippen LogP contribution in [0.1, 0.15) is 59.8 Å². The summed E-state index contributed by atoms with van der Waals surface area (Å²) in [5.74, 6) is -0.184. The van der Waals surface area contributed by atoms with Crippen LogP contribution in [-0.2, 0) is 33.3 Å². The van der Waals surface area contributed by atoms with Crippen LogP contribution < -0.4 is 0 Å². The Hall–Kier alpha value is -1.77. The molecule has 1 saturated heterocycles. The highest BCUT2D eigenvalue weighted by atomic mass is 16.6. The topological polar surface area (TPSA) is 91.4 Å². The van der Waals surface area contributed by atoms with Gasteiger partial charge in [0.2, 0.25) is 0 Å². The zero-order chi connectivity index (χ0) is 27.0. The van der Waals surface area contributed by atoms with Gasteiger partial charge < -0.3 is 18.9 Å². The Morgan fingerprint density at radius 1 is 1.05 bits per heavy atom. The Labute approximate surface area is 225 Å². The van der Waals surface area contributed by atoms with Crippen molar-refractivity contribution in [3.8, 4) is 0 Å². The van der Waals surface area contributed by atoms with Crippen LogP contribution in [0.25, 0.3) is 0 Å². The predicted octanol–water partition coefficient (Wildman–Crippen LogP) is 3.17. The molecule has 0 unspecified atom stereocenters. The van der Waals surface area contributed by atoms with E-state index < -0.39 is 12.1 Å². The summed E-state index contributed by atoms with van der Waals surface area (Å²) in [5.41, 5.74) is 0.151. The number of fused-ring (bicyclic) bond motifs is 1. The lowest BCUT2D eigenvalue weighted by Gasteiger charge is -2.65. The summed E-state index contributed by atoms with van der Waals surface area (Å²) < 4.78 is 23.4. The first-order valence-electron chi connectivity index (χ1n) is 14.7. The molecule has 1 heterocycles. The van der Waals surface area contributed by atoms with Gasteiger partial charge in [-0.05, 0) is 74.8 Å². The number of nitrogens with zero attached hydrogens (tertiary/aromatic N) is 1. The molecular formula is C30H43NO7. The first-order chi connectivity index (χ1) is 18.2. The third kappa shape index (κ3) is 3.23. The molecule has 1 aliphatic heterocycles. The highest BCUT2D eigenvalue weighted by Crippen LogP contribution is 2.83. The summed E-state index contributed by atoms with van der Waals surface area (Å²) in [6.07, 6.45) is 3.16. The standard InChI is InChI=1S/C30H43NO7/c1-6-31-16-28(5)10-9-23(37-24(33)14-35-7-2)30-21(28)11-19(26(30)31)29-13-18(20(32)12-22(29)30)17(4)27(29)38-25(34)15-36-8-3/h18-19,21-23,26-27H,4,6-16H2,1-3,5H3/t18-,19+,21-,22-,23+,26-,27-,28+,29+,30+/m1/s1. The minimum atomic E-state index is -0.505. The molecule has 0 N–H and O–H groups in total. The maximum Gasteiger partial charge on any atom is 0.332 e. The SMILES string of the molecule is C=C1[C@H]2C[C@@]3([C@@H]1OC(=O)COCC)[C@@H](CC2=O)[C@@]12[C@@H](OC(=O)COCC)CC[C@@]4(C)CN(CC)[C@@H]1[C@@H]3C[C@H]42. The fourth-order valence-corrected chi connectivity index (χ4v) is 10.8. The molecule has 8 heteroatoms. The molecule has 210 valence electrons. The molecule has 5 saturated carbocycles. The van der Waals surface area contributed by atoms with Crippen LogP contribution in [0.5, 0.6) is 0 Å². The van der Waals surface area contributed by atoms with Gasteiger partial charge in [-0.2, -0.15) is 0 Å². The van der Waals surface area contributed by atoms with Gasteiger partial charge in [-0.15, -0.1) is 0 Å². The number of carbonyl (C=O) groups is 3. The second kappa shape index (κ2) is 9.13. The van der Waals surface area contributed by atoms with Crippen LogP contribution in [0.2, 0.25) is 0 Å². The highest BCUT2D eigenvalue weighted by Gasteiger charge is 2.86. The van der Waals surface area contributed by atoms with Gasteiger partial charge in [0.1, 0.15) is 31.2 Å². The maximum atomic E-state index is 13.7. The van der Waals surface area contributed by atoms with Gasteiger partial charge in [-0.25, -0.2) is 9.59 Å². The molecule has 5 aliphatic carbocycles. The zero-order valence-electron chi connectivity index (χ0n) is 23.3. The van der Waals surface area contributed by atoms with E-state index in [4.69, 9.17) is 18.9 Å². The van der Waals surface area contributed by atoms with E-state index in [9.17, 15) is 14.4 Å². The summed E-state index contributed by atoms with van der Waals surface area (Å²) >= 11 is 0. The molecular weight excluding hydrogens is 486 g/mol. The van der Waals surface area contributed by atoms with Crippen molar-refractivity contribution < 1.29 is 33.3 Å². The lowest BCUT2D eigenvalue weighted by Crippen LogP contribution is -2.69. The van der Waals surface area contributed by atoms with E-state index >= 15 is 0 Å². The van der Waals surface area contributed by atoms with Crippen LogP contribution in [0.3, 0.4) is 0 Å². The van der Waals surface area contributed by atoms with E-state index in [-0.39, 0.29) is 71.1 Å². The van der Waals surface area contributed by atoms with Crippen molar-refractivity contribution in [2.24, 2.45) is 39.9 Å². The maximum absolute atomic E-state index is 13.7. The van der Waals surface area contributed by atoms with E-state index in [1.54, 1.807) is 0 Å². The monoisotopic (exact) mass is 529 g/mol. The molecule has 8 nitrogen and oxygen atoms in total. The van der Waals surface area contributed by atoms with Crippen molar-refractivity contribution in [1.82, 2.24) is 4.90 Å².